The summed E-state index contributed by atoms with van der Waals surface area (Å²) in [7, 11) is 0. The molecule has 1 fully saturated rings. The molecule has 3 rings (SSSR count). The monoisotopic (exact) mass is 359 g/mol. The molecule has 134 valence electrons. The summed E-state index contributed by atoms with van der Waals surface area (Å²) in [5.41, 5.74) is 1.99. The third-order valence-electron chi connectivity index (χ3n) is 4.34. The van der Waals surface area contributed by atoms with Crippen molar-refractivity contribution in [1.29, 1.82) is 0 Å². The second-order valence-electron chi connectivity index (χ2n) is 6.28. The van der Waals surface area contributed by atoms with E-state index < -0.39 is 0 Å². The van der Waals surface area contributed by atoms with Gasteiger partial charge in [-0.3, -0.25) is 14.8 Å². The molecule has 0 aliphatic carbocycles. The molecule has 2 N–H and O–H groups in total. The lowest BCUT2D eigenvalue weighted by Gasteiger charge is -2.19. The van der Waals surface area contributed by atoms with Crippen molar-refractivity contribution < 1.29 is 4.79 Å². The van der Waals surface area contributed by atoms with Gasteiger partial charge in [-0.1, -0.05) is 36.7 Å². The van der Waals surface area contributed by atoms with Gasteiger partial charge >= 0.3 is 0 Å². The van der Waals surface area contributed by atoms with Crippen LogP contribution in [0.25, 0.3) is 0 Å². The Balaban J connectivity index is 1.42. The highest BCUT2D eigenvalue weighted by Crippen LogP contribution is 2.14. The SMILES string of the molecule is O=C(NCCSc1ncn[nH]1)c1ccc(CN2CCCCCC2)cc1. The fourth-order valence-corrected chi connectivity index (χ4v) is 3.63. The summed E-state index contributed by atoms with van der Waals surface area (Å²) in [5.74, 6) is 0.730. The minimum Gasteiger partial charge on any atom is -0.351 e. The molecule has 6 nitrogen and oxygen atoms in total. The summed E-state index contributed by atoms with van der Waals surface area (Å²) in [6.45, 7) is 3.95. The van der Waals surface area contributed by atoms with Crippen molar-refractivity contribution in [3.63, 3.8) is 0 Å². The van der Waals surface area contributed by atoms with E-state index in [9.17, 15) is 4.79 Å². The minimum atomic E-state index is -0.0282. The van der Waals surface area contributed by atoms with E-state index in [1.807, 2.05) is 12.1 Å². The van der Waals surface area contributed by atoms with Gasteiger partial charge in [-0.25, -0.2) is 4.98 Å². The van der Waals surface area contributed by atoms with Crippen LogP contribution in [-0.4, -0.2) is 51.4 Å². The fraction of sp³-hybridized carbons (Fsp3) is 0.500. The van der Waals surface area contributed by atoms with Crippen LogP contribution in [0.15, 0.2) is 35.7 Å². The van der Waals surface area contributed by atoms with E-state index in [1.165, 1.54) is 62.4 Å². The Bertz CT molecular complexity index is 636. The molecule has 1 aromatic carbocycles. The van der Waals surface area contributed by atoms with Crippen molar-refractivity contribution in [2.45, 2.75) is 37.4 Å². The maximum atomic E-state index is 12.2. The normalized spacial score (nSPS) is 15.7. The molecule has 0 atom stereocenters. The van der Waals surface area contributed by atoms with Crippen LogP contribution in [0.3, 0.4) is 0 Å². The number of rotatable bonds is 7. The number of hydrogen-bond acceptors (Lipinski definition) is 5. The van der Waals surface area contributed by atoms with Gasteiger partial charge in [-0.15, -0.1) is 0 Å². The number of likely N-dealkylation sites (tertiary alicyclic amines) is 1. The van der Waals surface area contributed by atoms with Gasteiger partial charge < -0.3 is 5.32 Å². The average molecular weight is 359 g/mol. The Kier molecular flexibility index (Phi) is 6.88. The molecule has 0 bridgehead atoms. The number of nitrogens with zero attached hydrogens (tertiary/aromatic N) is 3. The molecule has 1 amide bonds. The van der Waals surface area contributed by atoms with Gasteiger partial charge in [0.15, 0.2) is 5.16 Å². The smallest absolute Gasteiger partial charge is 0.251 e. The molecule has 2 heterocycles. The van der Waals surface area contributed by atoms with Crippen LogP contribution in [0, 0.1) is 0 Å². The molecule has 0 spiro atoms. The number of carbonyl (C=O) groups excluding carboxylic acids is 1. The quantitative estimate of drug-likeness (QED) is 0.587. The number of H-pyrrole nitrogens is 1. The highest BCUT2D eigenvalue weighted by atomic mass is 32.2. The molecular weight excluding hydrogens is 334 g/mol. The Morgan fingerprint density at radius 1 is 1.16 bits per heavy atom. The lowest BCUT2D eigenvalue weighted by molar-refractivity contribution is 0.0956. The van der Waals surface area contributed by atoms with Crippen molar-refractivity contribution >= 4 is 17.7 Å². The highest BCUT2D eigenvalue weighted by molar-refractivity contribution is 7.99. The molecule has 1 aliphatic heterocycles. The molecule has 2 aromatic rings. The summed E-state index contributed by atoms with van der Waals surface area (Å²) in [4.78, 5) is 18.7. The molecule has 0 radical (unpaired) electrons. The molecule has 1 aliphatic rings. The van der Waals surface area contributed by atoms with Crippen LogP contribution in [0.1, 0.15) is 41.6 Å². The van der Waals surface area contributed by atoms with E-state index in [0.29, 0.717) is 12.1 Å². The van der Waals surface area contributed by atoms with Gasteiger partial charge in [0.2, 0.25) is 0 Å². The summed E-state index contributed by atoms with van der Waals surface area (Å²) in [6, 6.07) is 7.99. The molecular formula is C18H25N5OS. The van der Waals surface area contributed by atoms with Crippen molar-refractivity contribution in [1.82, 2.24) is 25.4 Å². The maximum Gasteiger partial charge on any atom is 0.251 e. The van der Waals surface area contributed by atoms with E-state index in [-0.39, 0.29) is 5.91 Å². The Morgan fingerprint density at radius 2 is 1.92 bits per heavy atom. The lowest BCUT2D eigenvalue weighted by Crippen LogP contribution is -2.26. The number of aromatic nitrogens is 3. The first-order valence-corrected chi connectivity index (χ1v) is 9.87. The van der Waals surface area contributed by atoms with E-state index >= 15 is 0 Å². The lowest BCUT2D eigenvalue weighted by atomic mass is 10.1. The van der Waals surface area contributed by atoms with Crippen LogP contribution >= 0.6 is 11.8 Å². The second-order valence-corrected chi connectivity index (χ2v) is 7.37. The van der Waals surface area contributed by atoms with Crippen LogP contribution in [0.2, 0.25) is 0 Å². The number of thioether (sulfide) groups is 1. The molecule has 25 heavy (non-hydrogen) atoms. The predicted octanol–water partition coefficient (Wildman–Crippen LogP) is 2.70. The largest absolute Gasteiger partial charge is 0.351 e. The van der Waals surface area contributed by atoms with Crippen LogP contribution in [0.5, 0.6) is 0 Å². The van der Waals surface area contributed by atoms with E-state index in [2.05, 4.69) is 37.5 Å². The van der Waals surface area contributed by atoms with E-state index in [1.54, 1.807) is 0 Å². The van der Waals surface area contributed by atoms with Gasteiger partial charge in [-0.2, -0.15) is 5.10 Å². The van der Waals surface area contributed by atoms with Crippen molar-refractivity contribution in [3.05, 3.63) is 41.7 Å². The Labute approximate surface area is 152 Å². The Morgan fingerprint density at radius 3 is 2.60 bits per heavy atom. The molecule has 1 aromatic heterocycles. The van der Waals surface area contributed by atoms with Crippen molar-refractivity contribution in [3.8, 4) is 0 Å². The van der Waals surface area contributed by atoms with Gasteiger partial charge in [-0.05, 0) is 43.6 Å². The number of hydrogen-bond donors (Lipinski definition) is 2. The summed E-state index contributed by atoms with van der Waals surface area (Å²) >= 11 is 1.54. The Hall–Kier alpha value is -1.86. The molecule has 0 unspecified atom stereocenters. The van der Waals surface area contributed by atoms with Crippen LogP contribution < -0.4 is 5.32 Å². The molecule has 0 saturated carbocycles. The van der Waals surface area contributed by atoms with E-state index in [4.69, 9.17) is 0 Å². The first-order chi connectivity index (χ1) is 12.3. The predicted molar refractivity (Wildman–Crippen MR) is 99.6 cm³/mol. The van der Waals surface area contributed by atoms with Gasteiger partial charge in [0.1, 0.15) is 6.33 Å². The van der Waals surface area contributed by atoms with Crippen molar-refractivity contribution in [2.24, 2.45) is 0 Å². The van der Waals surface area contributed by atoms with Gasteiger partial charge in [0, 0.05) is 24.4 Å². The zero-order chi connectivity index (χ0) is 17.3. The molecule has 7 heteroatoms. The summed E-state index contributed by atoms with van der Waals surface area (Å²) in [6.07, 6.45) is 6.78. The number of aromatic amines is 1. The first-order valence-electron chi connectivity index (χ1n) is 8.89. The topological polar surface area (TPSA) is 73.9 Å². The van der Waals surface area contributed by atoms with Crippen LogP contribution in [0.4, 0.5) is 0 Å². The minimum absolute atomic E-state index is 0.0282. The number of nitrogens with one attached hydrogen (secondary N) is 2. The number of benzene rings is 1. The summed E-state index contributed by atoms with van der Waals surface area (Å²) in [5, 5.41) is 10.3. The third-order valence-corrected chi connectivity index (χ3v) is 5.22. The number of amides is 1. The van der Waals surface area contributed by atoms with Crippen molar-refractivity contribution in [2.75, 3.05) is 25.4 Å². The van der Waals surface area contributed by atoms with E-state index in [0.717, 1.165) is 17.5 Å². The summed E-state index contributed by atoms with van der Waals surface area (Å²) < 4.78 is 0. The zero-order valence-corrected chi connectivity index (χ0v) is 15.2. The second kappa shape index (κ2) is 9.58. The number of carbonyl (C=O) groups is 1. The van der Waals surface area contributed by atoms with Gasteiger partial charge in [0.25, 0.3) is 5.91 Å². The fourth-order valence-electron chi connectivity index (χ4n) is 2.99. The standard InChI is InChI=1S/C18H25N5OS/c24-17(19-9-12-25-18-20-14-21-22-18)16-7-5-15(6-8-16)13-23-10-3-1-2-4-11-23/h5-8,14H,1-4,9-13H2,(H,19,24)(H,20,21,22). The first kappa shape index (κ1) is 17.9. The van der Waals surface area contributed by atoms with Crippen LogP contribution in [-0.2, 0) is 6.54 Å². The highest BCUT2D eigenvalue weighted by Gasteiger charge is 2.10. The van der Waals surface area contributed by atoms with Gasteiger partial charge in [0.05, 0.1) is 0 Å². The zero-order valence-electron chi connectivity index (χ0n) is 14.4. The maximum absolute atomic E-state index is 12.2. The average Bonchev–Trinajstić information content (AvgIpc) is 3.02. The third kappa shape index (κ3) is 5.86. The molecule has 1 saturated heterocycles.